The molecule has 0 bridgehead atoms. The van der Waals surface area contributed by atoms with E-state index in [0.29, 0.717) is 11.7 Å². The number of pyridine rings is 1. The number of benzene rings is 1. The number of hydrogen-bond acceptors (Lipinski definition) is 4. The van der Waals surface area contributed by atoms with E-state index in [4.69, 9.17) is 11.0 Å². The van der Waals surface area contributed by atoms with Crippen LogP contribution in [0.1, 0.15) is 25.7 Å². The average molecular weight is 345 g/mol. The van der Waals surface area contributed by atoms with Gasteiger partial charge in [0, 0.05) is 21.8 Å². The van der Waals surface area contributed by atoms with Crippen LogP contribution in [0.3, 0.4) is 0 Å². The van der Waals surface area contributed by atoms with Gasteiger partial charge in [0.15, 0.2) is 0 Å². The molecule has 2 aromatic rings. The van der Waals surface area contributed by atoms with Crippen molar-refractivity contribution in [1.82, 2.24) is 4.98 Å². The maximum Gasteiger partial charge on any atom is 0.0743 e. The van der Waals surface area contributed by atoms with E-state index in [-0.39, 0.29) is 5.92 Å². The Morgan fingerprint density at radius 1 is 1.29 bits per heavy atom. The van der Waals surface area contributed by atoms with E-state index in [2.05, 4.69) is 32.3 Å². The fraction of sp³-hybridized carbons (Fsp3) is 0.375. The molecule has 4 nitrogen and oxygen atoms in total. The lowest BCUT2D eigenvalue weighted by Gasteiger charge is -2.27. The van der Waals surface area contributed by atoms with Gasteiger partial charge >= 0.3 is 0 Å². The summed E-state index contributed by atoms with van der Waals surface area (Å²) in [7, 11) is 0. The molecule has 108 valence electrons. The number of hydrogen-bond donors (Lipinski definition) is 2. The second kappa shape index (κ2) is 5.90. The zero-order valence-corrected chi connectivity index (χ0v) is 13.2. The van der Waals surface area contributed by atoms with Gasteiger partial charge in [-0.25, -0.2) is 0 Å². The topological polar surface area (TPSA) is 74.7 Å². The van der Waals surface area contributed by atoms with Gasteiger partial charge in [-0.1, -0.05) is 15.9 Å². The summed E-state index contributed by atoms with van der Waals surface area (Å²) in [5.74, 6) is 0.212. The molecule has 1 aliphatic carbocycles. The van der Waals surface area contributed by atoms with Gasteiger partial charge in [0.1, 0.15) is 0 Å². The number of nitrogens with zero attached hydrogens (tertiary/aromatic N) is 2. The fourth-order valence-electron chi connectivity index (χ4n) is 2.91. The van der Waals surface area contributed by atoms with Crippen molar-refractivity contribution in [2.24, 2.45) is 5.92 Å². The van der Waals surface area contributed by atoms with E-state index in [1.54, 1.807) is 6.20 Å². The molecule has 1 saturated carbocycles. The highest BCUT2D eigenvalue weighted by molar-refractivity contribution is 9.10. The van der Waals surface area contributed by atoms with Crippen LogP contribution in [-0.4, -0.2) is 11.0 Å². The first-order valence-electron chi connectivity index (χ1n) is 7.17. The van der Waals surface area contributed by atoms with E-state index in [0.717, 1.165) is 46.7 Å². The number of fused-ring (bicyclic) bond motifs is 1. The predicted molar refractivity (Wildman–Crippen MR) is 88.8 cm³/mol. The van der Waals surface area contributed by atoms with Gasteiger partial charge in [0.05, 0.1) is 29.2 Å². The first kappa shape index (κ1) is 14.2. The van der Waals surface area contributed by atoms with E-state index in [9.17, 15) is 0 Å². The van der Waals surface area contributed by atoms with Crippen LogP contribution in [0.2, 0.25) is 0 Å². The molecule has 1 aromatic heterocycles. The van der Waals surface area contributed by atoms with Crippen molar-refractivity contribution in [3.63, 3.8) is 0 Å². The lowest BCUT2D eigenvalue weighted by molar-refractivity contribution is 0.398. The second-order valence-electron chi connectivity index (χ2n) is 5.57. The molecule has 1 aromatic carbocycles. The van der Waals surface area contributed by atoms with Crippen molar-refractivity contribution in [1.29, 1.82) is 5.26 Å². The summed E-state index contributed by atoms with van der Waals surface area (Å²) < 4.78 is 1.01. The van der Waals surface area contributed by atoms with Crippen LogP contribution in [0, 0.1) is 17.2 Å². The SMILES string of the molecule is N#CC1CCC(Nc2c(N)cnc3ccc(Br)cc23)CC1. The highest BCUT2D eigenvalue weighted by Crippen LogP contribution is 2.33. The van der Waals surface area contributed by atoms with Crippen molar-refractivity contribution in [2.45, 2.75) is 31.7 Å². The minimum Gasteiger partial charge on any atom is -0.396 e. The van der Waals surface area contributed by atoms with Crippen molar-refractivity contribution in [3.05, 3.63) is 28.9 Å². The molecule has 0 radical (unpaired) electrons. The Hall–Kier alpha value is -1.80. The van der Waals surface area contributed by atoms with E-state index in [1.165, 1.54) is 0 Å². The fourth-order valence-corrected chi connectivity index (χ4v) is 3.27. The molecule has 0 atom stereocenters. The number of aromatic nitrogens is 1. The summed E-state index contributed by atoms with van der Waals surface area (Å²) in [6.07, 6.45) is 5.64. The Kier molecular flexibility index (Phi) is 3.98. The molecule has 3 N–H and O–H groups in total. The van der Waals surface area contributed by atoms with E-state index < -0.39 is 0 Å². The molecule has 0 amide bonds. The van der Waals surface area contributed by atoms with Crippen molar-refractivity contribution in [2.75, 3.05) is 11.1 Å². The summed E-state index contributed by atoms with van der Waals surface area (Å²) in [5, 5.41) is 13.6. The summed E-state index contributed by atoms with van der Waals surface area (Å²) >= 11 is 3.50. The number of nitriles is 1. The Morgan fingerprint density at radius 2 is 2.05 bits per heavy atom. The maximum atomic E-state index is 8.98. The Balaban J connectivity index is 1.88. The lowest BCUT2D eigenvalue weighted by Crippen LogP contribution is -2.26. The van der Waals surface area contributed by atoms with E-state index >= 15 is 0 Å². The number of halogens is 1. The van der Waals surface area contributed by atoms with Crippen LogP contribution in [-0.2, 0) is 0 Å². The molecule has 1 heterocycles. The van der Waals surface area contributed by atoms with Crippen LogP contribution in [0.15, 0.2) is 28.9 Å². The van der Waals surface area contributed by atoms with Gasteiger partial charge in [-0.2, -0.15) is 5.26 Å². The van der Waals surface area contributed by atoms with Gasteiger partial charge in [-0.3, -0.25) is 4.98 Å². The van der Waals surface area contributed by atoms with E-state index in [1.807, 2.05) is 18.2 Å². The predicted octanol–water partition coefficient (Wildman–Crippen LogP) is 4.07. The Labute approximate surface area is 132 Å². The Bertz CT molecular complexity index is 694. The van der Waals surface area contributed by atoms with Gasteiger partial charge in [0.25, 0.3) is 0 Å². The summed E-state index contributed by atoms with van der Waals surface area (Å²) in [4.78, 5) is 4.37. The summed E-state index contributed by atoms with van der Waals surface area (Å²) in [5.41, 5.74) is 8.68. The Morgan fingerprint density at radius 3 is 2.76 bits per heavy atom. The van der Waals surface area contributed by atoms with Gasteiger partial charge in [0.2, 0.25) is 0 Å². The zero-order valence-electron chi connectivity index (χ0n) is 11.6. The number of anilines is 2. The molecule has 3 rings (SSSR count). The third kappa shape index (κ3) is 2.96. The van der Waals surface area contributed by atoms with Crippen LogP contribution in [0.25, 0.3) is 10.9 Å². The highest BCUT2D eigenvalue weighted by Gasteiger charge is 2.21. The average Bonchev–Trinajstić information content (AvgIpc) is 2.51. The molecule has 5 heteroatoms. The van der Waals surface area contributed by atoms with Crippen molar-refractivity contribution in [3.8, 4) is 6.07 Å². The van der Waals surface area contributed by atoms with Crippen molar-refractivity contribution < 1.29 is 0 Å². The van der Waals surface area contributed by atoms with Gasteiger partial charge in [-0.15, -0.1) is 0 Å². The number of nitrogens with two attached hydrogens (primary N) is 1. The lowest BCUT2D eigenvalue weighted by atomic mass is 9.87. The smallest absolute Gasteiger partial charge is 0.0743 e. The standard InChI is InChI=1S/C16H17BrN4/c17-11-3-6-15-13(7-11)16(14(19)9-20-15)21-12-4-1-10(8-18)2-5-12/h3,6-7,9-10,12H,1-2,4-5,19H2,(H,20,21). The highest BCUT2D eigenvalue weighted by atomic mass is 79.9. The normalized spacial score (nSPS) is 21.9. The van der Waals surface area contributed by atoms with Crippen LogP contribution < -0.4 is 11.1 Å². The minimum atomic E-state index is 0.212. The molecule has 0 spiro atoms. The summed E-state index contributed by atoms with van der Waals surface area (Å²) in [6.45, 7) is 0. The zero-order chi connectivity index (χ0) is 14.8. The molecule has 1 aliphatic rings. The van der Waals surface area contributed by atoms with Crippen LogP contribution in [0.5, 0.6) is 0 Å². The largest absolute Gasteiger partial charge is 0.396 e. The first-order valence-corrected chi connectivity index (χ1v) is 7.96. The van der Waals surface area contributed by atoms with Crippen LogP contribution >= 0.6 is 15.9 Å². The van der Waals surface area contributed by atoms with Crippen LogP contribution in [0.4, 0.5) is 11.4 Å². The third-order valence-electron chi connectivity index (χ3n) is 4.12. The minimum absolute atomic E-state index is 0.212. The van der Waals surface area contributed by atoms with Gasteiger partial charge in [-0.05, 0) is 43.9 Å². The van der Waals surface area contributed by atoms with Crippen molar-refractivity contribution >= 4 is 38.2 Å². The number of rotatable bonds is 2. The number of nitrogen functional groups attached to an aromatic ring is 1. The molecule has 1 fully saturated rings. The molecular weight excluding hydrogens is 328 g/mol. The number of nitrogens with one attached hydrogen (secondary N) is 1. The molecule has 0 saturated heterocycles. The second-order valence-corrected chi connectivity index (χ2v) is 6.49. The molecule has 0 unspecified atom stereocenters. The molecule has 21 heavy (non-hydrogen) atoms. The monoisotopic (exact) mass is 344 g/mol. The molecular formula is C16H17BrN4. The summed E-state index contributed by atoms with van der Waals surface area (Å²) in [6, 6.07) is 8.75. The maximum absolute atomic E-state index is 8.98. The molecule has 0 aliphatic heterocycles. The quantitative estimate of drug-likeness (QED) is 0.860. The third-order valence-corrected chi connectivity index (χ3v) is 4.61. The van der Waals surface area contributed by atoms with Gasteiger partial charge < -0.3 is 11.1 Å². The first-order chi connectivity index (χ1) is 10.2.